The maximum absolute atomic E-state index is 13.0. The molecule has 0 atom stereocenters. The number of ether oxygens (including phenoxy) is 2. The van der Waals surface area contributed by atoms with Gasteiger partial charge in [-0.15, -0.1) is 0 Å². The standard InChI is InChI=1S/C8H13F4NO3/c1-13(2)8(11,12)7(9,10)6(14)16-5-4-15-3/h4-5H2,1-3H3. The zero-order valence-corrected chi connectivity index (χ0v) is 9.10. The lowest BCUT2D eigenvalue weighted by Crippen LogP contribution is -2.56. The van der Waals surface area contributed by atoms with Crippen LogP contribution in [-0.2, 0) is 14.3 Å². The number of methoxy groups -OCH3 is 1. The average Bonchev–Trinajstić information content (AvgIpc) is 2.17. The van der Waals surface area contributed by atoms with Crippen molar-refractivity contribution in [3.8, 4) is 0 Å². The number of nitrogens with zero attached hydrogens (tertiary/aromatic N) is 1. The molecule has 0 saturated heterocycles. The maximum Gasteiger partial charge on any atom is 0.418 e. The summed E-state index contributed by atoms with van der Waals surface area (Å²) < 4.78 is 60.2. The van der Waals surface area contributed by atoms with Crippen LogP contribution in [0.25, 0.3) is 0 Å². The van der Waals surface area contributed by atoms with E-state index in [2.05, 4.69) is 9.47 Å². The Morgan fingerprint density at radius 2 is 1.69 bits per heavy atom. The molecule has 0 amide bonds. The molecular formula is C8H13F4NO3. The first kappa shape index (κ1) is 15.1. The highest BCUT2D eigenvalue weighted by Crippen LogP contribution is 2.36. The van der Waals surface area contributed by atoms with Crippen LogP contribution >= 0.6 is 0 Å². The van der Waals surface area contributed by atoms with Gasteiger partial charge in [-0.25, -0.2) is 9.69 Å². The summed E-state index contributed by atoms with van der Waals surface area (Å²) in [7, 11) is 2.72. The molecule has 0 aliphatic rings. The fourth-order valence-corrected chi connectivity index (χ4v) is 0.712. The highest BCUT2D eigenvalue weighted by molar-refractivity contribution is 5.78. The number of carbonyl (C=O) groups is 1. The molecule has 16 heavy (non-hydrogen) atoms. The third kappa shape index (κ3) is 3.05. The lowest BCUT2D eigenvalue weighted by molar-refractivity contribution is -0.274. The summed E-state index contributed by atoms with van der Waals surface area (Å²) in [6, 6.07) is -4.60. The molecule has 0 aliphatic heterocycles. The monoisotopic (exact) mass is 247 g/mol. The fraction of sp³-hybridized carbons (Fsp3) is 0.875. The topological polar surface area (TPSA) is 38.8 Å². The Labute approximate surface area is 90.1 Å². The normalized spacial score (nSPS) is 13.0. The molecule has 0 aromatic heterocycles. The van der Waals surface area contributed by atoms with E-state index in [0.717, 1.165) is 14.1 Å². The van der Waals surface area contributed by atoms with Crippen molar-refractivity contribution in [1.82, 2.24) is 4.90 Å². The summed E-state index contributed by atoms with van der Waals surface area (Å²) in [5.41, 5.74) is 0. The second-order valence-electron chi connectivity index (χ2n) is 3.14. The summed E-state index contributed by atoms with van der Waals surface area (Å²) in [6.45, 7) is -0.649. The number of carbonyl (C=O) groups excluding carboxylic acids is 1. The van der Waals surface area contributed by atoms with Gasteiger partial charge < -0.3 is 9.47 Å². The van der Waals surface area contributed by atoms with Gasteiger partial charge in [-0.1, -0.05) is 0 Å². The van der Waals surface area contributed by atoms with E-state index in [4.69, 9.17) is 0 Å². The zero-order valence-electron chi connectivity index (χ0n) is 9.10. The number of hydrogen-bond donors (Lipinski definition) is 0. The second kappa shape index (κ2) is 5.44. The Morgan fingerprint density at radius 3 is 2.06 bits per heavy atom. The predicted octanol–water partition coefficient (Wildman–Crippen LogP) is 0.966. The van der Waals surface area contributed by atoms with Crippen LogP contribution < -0.4 is 0 Å². The van der Waals surface area contributed by atoms with Gasteiger partial charge in [-0.3, -0.25) is 0 Å². The van der Waals surface area contributed by atoms with Crippen LogP contribution in [0.2, 0.25) is 0 Å². The fourth-order valence-electron chi connectivity index (χ4n) is 0.712. The van der Waals surface area contributed by atoms with Crippen LogP contribution in [0.5, 0.6) is 0 Å². The Balaban J connectivity index is 4.58. The summed E-state index contributed by atoms with van der Waals surface area (Å²) in [5, 5.41) is 0. The van der Waals surface area contributed by atoms with Gasteiger partial charge in [0.05, 0.1) is 6.61 Å². The van der Waals surface area contributed by atoms with Crippen LogP contribution in [0.3, 0.4) is 0 Å². The lowest BCUT2D eigenvalue weighted by Gasteiger charge is -2.29. The first-order valence-corrected chi connectivity index (χ1v) is 4.27. The van der Waals surface area contributed by atoms with E-state index < -0.39 is 24.5 Å². The molecule has 0 radical (unpaired) electrons. The molecule has 0 saturated carbocycles. The minimum Gasteiger partial charge on any atom is -0.459 e. The molecule has 4 nitrogen and oxygen atoms in total. The quantitative estimate of drug-likeness (QED) is 0.303. The summed E-state index contributed by atoms with van der Waals surface area (Å²) in [4.78, 5) is 10.7. The molecule has 0 aromatic carbocycles. The molecule has 0 aromatic rings. The number of esters is 1. The number of rotatable bonds is 6. The Kier molecular flexibility index (Phi) is 5.14. The minimum atomic E-state index is -4.90. The smallest absolute Gasteiger partial charge is 0.418 e. The molecule has 0 fully saturated rings. The molecule has 0 spiro atoms. The largest absolute Gasteiger partial charge is 0.459 e. The van der Waals surface area contributed by atoms with Crippen molar-refractivity contribution < 1.29 is 31.8 Å². The maximum atomic E-state index is 13.0. The van der Waals surface area contributed by atoms with Gasteiger partial charge in [0.1, 0.15) is 6.61 Å². The van der Waals surface area contributed by atoms with Crippen molar-refractivity contribution >= 4 is 5.97 Å². The third-order valence-electron chi connectivity index (χ3n) is 1.72. The number of hydrogen-bond acceptors (Lipinski definition) is 4. The Morgan fingerprint density at radius 1 is 1.19 bits per heavy atom. The molecule has 0 bridgehead atoms. The SMILES string of the molecule is COCCOC(=O)C(F)(F)C(F)(F)N(C)C. The van der Waals surface area contributed by atoms with E-state index in [9.17, 15) is 22.4 Å². The van der Waals surface area contributed by atoms with Crippen molar-refractivity contribution in [2.45, 2.75) is 12.0 Å². The van der Waals surface area contributed by atoms with E-state index in [-0.39, 0.29) is 11.5 Å². The molecule has 0 rings (SSSR count). The van der Waals surface area contributed by atoms with E-state index in [1.54, 1.807) is 0 Å². The molecule has 0 unspecified atom stereocenters. The van der Waals surface area contributed by atoms with E-state index in [0.29, 0.717) is 0 Å². The van der Waals surface area contributed by atoms with Crippen LogP contribution in [0.1, 0.15) is 0 Å². The molecule has 8 heteroatoms. The van der Waals surface area contributed by atoms with Crippen LogP contribution in [-0.4, -0.2) is 57.3 Å². The minimum absolute atomic E-state index is 0.0510. The zero-order chi connectivity index (χ0) is 13.0. The third-order valence-corrected chi connectivity index (χ3v) is 1.72. The molecule has 96 valence electrons. The van der Waals surface area contributed by atoms with E-state index >= 15 is 0 Å². The van der Waals surface area contributed by atoms with Crippen molar-refractivity contribution in [3.63, 3.8) is 0 Å². The van der Waals surface area contributed by atoms with Gasteiger partial charge in [0.25, 0.3) is 0 Å². The highest BCUT2D eigenvalue weighted by Gasteiger charge is 2.64. The predicted molar refractivity (Wildman–Crippen MR) is 46.4 cm³/mol. The molecular weight excluding hydrogens is 234 g/mol. The van der Waals surface area contributed by atoms with Gasteiger partial charge in [0, 0.05) is 7.11 Å². The van der Waals surface area contributed by atoms with Crippen molar-refractivity contribution in [2.75, 3.05) is 34.4 Å². The van der Waals surface area contributed by atoms with Gasteiger partial charge >= 0.3 is 17.9 Å². The summed E-state index contributed by atoms with van der Waals surface area (Å²) in [6.07, 6.45) is 0. The first-order valence-electron chi connectivity index (χ1n) is 4.27. The number of halogens is 4. The van der Waals surface area contributed by atoms with Crippen LogP contribution in [0.15, 0.2) is 0 Å². The van der Waals surface area contributed by atoms with E-state index in [1.165, 1.54) is 7.11 Å². The second-order valence-corrected chi connectivity index (χ2v) is 3.14. The molecule has 0 heterocycles. The van der Waals surface area contributed by atoms with Crippen LogP contribution in [0, 0.1) is 0 Å². The van der Waals surface area contributed by atoms with Gasteiger partial charge in [-0.2, -0.15) is 17.6 Å². The molecule has 0 aliphatic carbocycles. The van der Waals surface area contributed by atoms with Gasteiger partial charge in [-0.05, 0) is 14.1 Å². The number of alkyl halides is 4. The van der Waals surface area contributed by atoms with Crippen molar-refractivity contribution in [2.24, 2.45) is 0 Å². The Hall–Kier alpha value is -0.890. The van der Waals surface area contributed by atoms with Crippen molar-refractivity contribution in [1.29, 1.82) is 0 Å². The molecule has 0 N–H and O–H groups in total. The van der Waals surface area contributed by atoms with Gasteiger partial charge in [0.15, 0.2) is 0 Å². The van der Waals surface area contributed by atoms with E-state index in [1.807, 2.05) is 0 Å². The first-order chi connectivity index (χ1) is 7.17. The van der Waals surface area contributed by atoms with Crippen LogP contribution in [0.4, 0.5) is 17.6 Å². The van der Waals surface area contributed by atoms with Gasteiger partial charge in [0.2, 0.25) is 0 Å². The average molecular weight is 247 g/mol. The van der Waals surface area contributed by atoms with Crippen molar-refractivity contribution in [3.05, 3.63) is 0 Å². The summed E-state index contributed by atoms with van der Waals surface area (Å²) in [5.74, 6) is -7.17. The highest BCUT2D eigenvalue weighted by atomic mass is 19.3. The summed E-state index contributed by atoms with van der Waals surface area (Å²) >= 11 is 0. The lowest BCUT2D eigenvalue weighted by atomic mass is 10.2. The Bertz CT molecular complexity index is 245.